The Kier molecular flexibility index (Phi) is 4.87. The summed E-state index contributed by atoms with van der Waals surface area (Å²) < 4.78 is 51.1. The van der Waals surface area contributed by atoms with E-state index in [9.17, 15) is 22.4 Å². The molecule has 12 heteroatoms. The zero-order valence-corrected chi connectivity index (χ0v) is 14.7. The van der Waals surface area contributed by atoms with Crippen LogP contribution in [0.5, 0.6) is 0 Å². The first-order chi connectivity index (χ1) is 13.1. The lowest BCUT2D eigenvalue weighted by Gasteiger charge is -2.26. The maximum Gasteiger partial charge on any atom is 0.405 e. The molecule has 28 heavy (non-hydrogen) atoms. The number of hydrogen-bond acceptors (Lipinski definition) is 6. The summed E-state index contributed by atoms with van der Waals surface area (Å²) in [6, 6.07) is 0. The first kappa shape index (κ1) is 19.5. The van der Waals surface area contributed by atoms with Crippen molar-refractivity contribution in [2.45, 2.75) is 25.6 Å². The topological polar surface area (TPSA) is 108 Å². The third kappa shape index (κ3) is 4.15. The molecule has 0 saturated carbocycles. The average molecular weight is 397 g/mol. The molecule has 0 spiro atoms. The Hall–Kier alpha value is -3.31. The van der Waals surface area contributed by atoms with Gasteiger partial charge in [0.25, 0.3) is 0 Å². The van der Waals surface area contributed by atoms with Crippen molar-refractivity contribution in [1.82, 2.24) is 30.2 Å². The first-order valence-corrected chi connectivity index (χ1v) is 8.00. The van der Waals surface area contributed by atoms with Crippen LogP contribution in [0.4, 0.5) is 23.4 Å². The van der Waals surface area contributed by atoms with Crippen molar-refractivity contribution < 1.29 is 22.4 Å². The molecule has 0 radical (unpaired) electrons. The number of hydrogen-bond donors (Lipinski definition) is 3. The highest BCUT2D eigenvalue weighted by Gasteiger charge is 2.34. The highest BCUT2D eigenvalue weighted by Crippen LogP contribution is 2.26. The molecule has 0 atom stereocenters. The summed E-state index contributed by atoms with van der Waals surface area (Å²) in [5.74, 6) is -2.04. The minimum Gasteiger partial charge on any atom is -0.354 e. The standard InChI is InChI=1S/C16H15F4N7O/c1-15(2,14(28)24-6-16(18,19)20)27-13-10(17)5-23-12(26-13)9-4-22-11-8(9)3-21-7-25-11/h3-5,7H,6H2,1-2H3,(H,24,28)(H,21,22,25)(H,23,26,27). The number of anilines is 1. The second-order valence-electron chi connectivity index (χ2n) is 6.43. The van der Waals surface area contributed by atoms with Gasteiger partial charge in [-0.15, -0.1) is 0 Å². The molecule has 3 rings (SSSR count). The van der Waals surface area contributed by atoms with E-state index in [1.165, 1.54) is 26.4 Å². The number of H-pyrrole nitrogens is 1. The van der Waals surface area contributed by atoms with Gasteiger partial charge in [0.1, 0.15) is 24.1 Å². The van der Waals surface area contributed by atoms with Crippen LogP contribution in [0.15, 0.2) is 24.9 Å². The fourth-order valence-electron chi connectivity index (χ4n) is 2.38. The van der Waals surface area contributed by atoms with E-state index in [1.54, 1.807) is 11.5 Å². The van der Waals surface area contributed by atoms with Crippen LogP contribution >= 0.6 is 0 Å². The Morgan fingerprint density at radius 2 is 1.96 bits per heavy atom. The minimum atomic E-state index is -4.56. The smallest absolute Gasteiger partial charge is 0.354 e. The number of nitrogens with one attached hydrogen (secondary N) is 3. The Balaban J connectivity index is 1.86. The van der Waals surface area contributed by atoms with Gasteiger partial charge in [-0.25, -0.2) is 24.3 Å². The number of carbonyl (C=O) groups excluding carboxylic acids is 1. The van der Waals surface area contributed by atoms with Crippen LogP contribution in [0.3, 0.4) is 0 Å². The van der Waals surface area contributed by atoms with Crippen LogP contribution in [0.25, 0.3) is 22.4 Å². The second kappa shape index (κ2) is 7.02. The number of amides is 1. The zero-order chi connectivity index (χ0) is 20.5. The molecule has 3 aromatic heterocycles. The summed E-state index contributed by atoms with van der Waals surface area (Å²) >= 11 is 0. The number of alkyl halides is 3. The Bertz CT molecular complexity index is 1020. The van der Waals surface area contributed by atoms with Gasteiger partial charge >= 0.3 is 6.18 Å². The average Bonchev–Trinajstić information content (AvgIpc) is 3.05. The molecule has 0 aliphatic carbocycles. The molecule has 1 amide bonds. The van der Waals surface area contributed by atoms with Crippen molar-refractivity contribution in [1.29, 1.82) is 0 Å². The number of aromatic nitrogens is 5. The number of rotatable bonds is 5. The van der Waals surface area contributed by atoms with Crippen molar-refractivity contribution in [3.8, 4) is 11.4 Å². The summed E-state index contributed by atoms with van der Waals surface area (Å²) in [5, 5.41) is 4.88. The van der Waals surface area contributed by atoms with Gasteiger partial charge in [-0.2, -0.15) is 13.2 Å². The minimum absolute atomic E-state index is 0.122. The molecular weight excluding hydrogens is 382 g/mol. The quantitative estimate of drug-likeness (QED) is 0.571. The summed E-state index contributed by atoms with van der Waals surface area (Å²) in [7, 11) is 0. The molecule has 0 bridgehead atoms. The fourth-order valence-corrected chi connectivity index (χ4v) is 2.38. The molecule has 0 saturated heterocycles. The van der Waals surface area contributed by atoms with Crippen molar-refractivity contribution in [2.24, 2.45) is 0 Å². The lowest BCUT2D eigenvalue weighted by molar-refractivity contribution is -0.140. The number of carbonyl (C=O) groups is 1. The van der Waals surface area contributed by atoms with Crippen LogP contribution in [-0.2, 0) is 4.79 Å². The number of nitrogens with zero attached hydrogens (tertiary/aromatic N) is 4. The summed E-state index contributed by atoms with van der Waals surface area (Å²) in [4.78, 5) is 30.9. The van der Waals surface area contributed by atoms with Gasteiger partial charge in [-0.3, -0.25) is 4.79 Å². The lowest BCUT2D eigenvalue weighted by atomic mass is 10.0. The third-order valence-electron chi connectivity index (χ3n) is 3.79. The Morgan fingerprint density at radius 3 is 2.68 bits per heavy atom. The first-order valence-electron chi connectivity index (χ1n) is 8.00. The van der Waals surface area contributed by atoms with Crippen LogP contribution in [-0.4, -0.2) is 49.1 Å². The van der Waals surface area contributed by atoms with Crippen LogP contribution in [0.1, 0.15) is 13.8 Å². The van der Waals surface area contributed by atoms with Crippen molar-refractivity contribution in [3.63, 3.8) is 0 Å². The Morgan fingerprint density at radius 1 is 1.21 bits per heavy atom. The van der Waals surface area contributed by atoms with E-state index >= 15 is 0 Å². The Labute approximate surface area is 155 Å². The highest BCUT2D eigenvalue weighted by atomic mass is 19.4. The van der Waals surface area contributed by atoms with Crippen LogP contribution < -0.4 is 10.6 Å². The summed E-state index contributed by atoms with van der Waals surface area (Å²) in [6.07, 6.45) is 0.788. The molecular formula is C16H15F4N7O. The van der Waals surface area contributed by atoms with Gasteiger partial charge < -0.3 is 15.6 Å². The summed E-state index contributed by atoms with van der Waals surface area (Å²) in [6.45, 7) is 1.11. The lowest BCUT2D eigenvalue weighted by Crippen LogP contribution is -2.50. The van der Waals surface area contributed by atoms with Crippen molar-refractivity contribution in [2.75, 3.05) is 11.9 Å². The molecule has 3 aromatic rings. The van der Waals surface area contributed by atoms with Crippen LogP contribution in [0.2, 0.25) is 0 Å². The van der Waals surface area contributed by atoms with Gasteiger partial charge in [-0.05, 0) is 13.8 Å². The van der Waals surface area contributed by atoms with E-state index in [4.69, 9.17) is 0 Å². The molecule has 148 valence electrons. The van der Waals surface area contributed by atoms with E-state index in [1.807, 2.05) is 0 Å². The maximum absolute atomic E-state index is 14.2. The predicted octanol–water partition coefficient (Wildman–Crippen LogP) is 2.42. The molecule has 0 aliphatic rings. The largest absolute Gasteiger partial charge is 0.405 e. The molecule has 3 heterocycles. The maximum atomic E-state index is 14.2. The van der Waals surface area contributed by atoms with E-state index < -0.39 is 30.0 Å². The van der Waals surface area contributed by atoms with Gasteiger partial charge in [-0.1, -0.05) is 0 Å². The third-order valence-corrected chi connectivity index (χ3v) is 3.79. The van der Waals surface area contributed by atoms with Crippen molar-refractivity contribution in [3.05, 3.63) is 30.7 Å². The van der Waals surface area contributed by atoms with E-state index in [0.29, 0.717) is 16.6 Å². The number of fused-ring (bicyclic) bond motifs is 1. The van der Waals surface area contributed by atoms with Crippen LogP contribution in [0, 0.1) is 5.82 Å². The molecule has 3 N–H and O–H groups in total. The van der Waals surface area contributed by atoms with Gasteiger partial charge in [0.05, 0.1) is 6.20 Å². The second-order valence-corrected chi connectivity index (χ2v) is 6.43. The van der Waals surface area contributed by atoms with E-state index in [-0.39, 0.29) is 11.6 Å². The van der Waals surface area contributed by atoms with Gasteiger partial charge in [0.15, 0.2) is 17.5 Å². The normalized spacial score (nSPS) is 12.2. The molecule has 0 fully saturated rings. The molecule has 0 aliphatic heterocycles. The molecule has 8 nitrogen and oxygen atoms in total. The highest BCUT2D eigenvalue weighted by molar-refractivity contribution is 5.91. The fraction of sp³-hybridized carbons (Fsp3) is 0.312. The van der Waals surface area contributed by atoms with Gasteiger partial charge in [0.2, 0.25) is 5.91 Å². The van der Waals surface area contributed by atoms with E-state index in [0.717, 1.165) is 6.20 Å². The zero-order valence-electron chi connectivity index (χ0n) is 14.7. The van der Waals surface area contributed by atoms with Gasteiger partial charge in [0, 0.05) is 23.3 Å². The SMILES string of the molecule is CC(C)(Nc1nc(-c2c[nH]c3ncncc23)ncc1F)C(=O)NCC(F)(F)F. The summed E-state index contributed by atoms with van der Waals surface area (Å²) in [5.41, 5.74) is -0.543. The number of halogens is 4. The monoisotopic (exact) mass is 397 g/mol. The van der Waals surface area contributed by atoms with E-state index in [2.05, 4.69) is 30.2 Å². The molecule has 0 aromatic carbocycles. The number of aromatic amines is 1. The van der Waals surface area contributed by atoms with Crippen molar-refractivity contribution >= 4 is 22.8 Å². The molecule has 0 unspecified atom stereocenters. The predicted molar refractivity (Wildman–Crippen MR) is 91.6 cm³/mol.